The van der Waals surface area contributed by atoms with Crippen LogP contribution in [0.25, 0.3) is 0 Å². The predicted octanol–water partition coefficient (Wildman–Crippen LogP) is 2.97. The van der Waals surface area contributed by atoms with E-state index < -0.39 is 43.4 Å². The Balaban J connectivity index is 3.60. The maximum Gasteiger partial charge on any atom is 0.501 e. The van der Waals surface area contributed by atoms with Crippen molar-refractivity contribution in [2.45, 2.75) is 16.3 Å². The highest BCUT2D eigenvalue weighted by molar-refractivity contribution is 7.92. The van der Waals surface area contributed by atoms with Crippen LogP contribution in [-0.4, -0.2) is 19.8 Å². The standard InChI is InChI=1S/C10H6ClF4NO2S/c11-4-6(5-16)8-2-1-7(12)3-9(8)19(17,18)10(13,14)15/h1-3,6H,4H2. The lowest BCUT2D eigenvalue weighted by molar-refractivity contribution is -0.0436. The van der Waals surface area contributed by atoms with E-state index in [2.05, 4.69) is 0 Å². The molecule has 9 heteroatoms. The number of nitrogens with zero attached hydrogens (tertiary/aromatic N) is 1. The molecule has 0 N–H and O–H groups in total. The average Bonchev–Trinajstić information content (AvgIpc) is 2.30. The molecule has 0 aliphatic heterocycles. The fourth-order valence-electron chi connectivity index (χ4n) is 1.34. The van der Waals surface area contributed by atoms with Crippen LogP contribution in [0.5, 0.6) is 0 Å². The molecule has 0 saturated carbocycles. The van der Waals surface area contributed by atoms with Gasteiger partial charge in [0.2, 0.25) is 0 Å². The second kappa shape index (κ2) is 5.35. The van der Waals surface area contributed by atoms with Crippen LogP contribution in [-0.2, 0) is 9.84 Å². The third-order valence-corrected chi connectivity index (χ3v) is 4.11. The number of rotatable bonds is 3. The first-order chi connectivity index (χ1) is 8.65. The lowest BCUT2D eigenvalue weighted by atomic mass is 10.0. The summed E-state index contributed by atoms with van der Waals surface area (Å²) in [6.45, 7) is 0. The van der Waals surface area contributed by atoms with Gasteiger partial charge in [0.05, 0.1) is 16.9 Å². The molecule has 0 heterocycles. The monoisotopic (exact) mass is 315 g/mol. The van der Waals surface area contributed by atoms with E-state index in [1.807, 2.05) is 0 Å². The summed E-state index contributed by atoms with van der Waals surface area (Å²) in [5.74, 6) is -2.85. The van der Waals surface area contributed by atoms with Gasteiger partial charge in [0.25, 0.3) is 9.84 Å². The molecular weight excluding hydrogens is 310 g/mol. The van der Waals surface area contributed by atoms with Crippen molar-refractivity contribution in [1.82, 2.24) is 0 Å². The molecule has 3 nitrogen and oxygen atoms in total. The molecule has 1 unspecified atom stereocenters. The zero-order valence-electron chi connectivity index (χ0n) is 9.08. The zero-order valence-corrected chi connectivity index (χ0v) is 10.7. The minimum absolute atomic E-state index is 0.231. The van der Waals surface area contributed by atoms with Crippen LogP contribution in [0, 0.1) is 17.1 Å². The molecule has 0 radical (unpaired) electrons. The fourth-order valence-corrected chi connectivity index (χ4v) is 2.61. The van der Waals surface area contributed by atoms with E-state index in [0.717, 1.165) is 12.1 Å². The van der Waals surface area contributed by atoms with Crippen LogP contribution in [0.3, 0.4) is 0 Å². The highest BCUT2D eigenvalue weighted by Gasteiger charge is 2.48. The maximum absolute atomic E-state index is 13.0. The minimum atomic E-state index is -5.74. The van der Waals surface area contributed by atoms with Gasteiger partial charge in [0, 0.05) is 5.88 Å². The zero-order chi connectivity index (χ0) is 14.8. The summed E-state index contributed by atoms with van der Waals surface area (Å²) in [6, 6.07) is 3.37. The van der Waals surface area contributed by atoms with Crippen molar-refractivity contribution < 1.29 is 26.0 Å². The van der Waals surface area contributed by atoms with Crippen molar-refractivity contribution in [3.05, 3.63) is 29.6 Å². The number of halogens is 5. The van der Waals surface area contributed by atoms with E-state index in [0.29, 0.717) is 0 Å². The number of alkyl halides is 4. The van der Waals surface area contributed by atoms with Crippen LogP contribution in [0.1, 0.15) is 11.5 Å². The Morgan fingerprint density at radius 1 is 1.37 bits per heavy atom. The quantitative estimate of drug-likeness (QED) is 0.636. The van der Waals surface area contributed by atoms with Crippen molar-refractivity contribution >= 4 is 21.4 Å². The van der Waals surface area contributed by atoms with Gasteiger partial charge in [-0.15, -0.1) is 11.6 Å². The van der Waals surface area contributed by atoms with Crippen LogP contribution < -0.4 is 0 Å². The lowest BCUT2D eigenvalue weighted by Crippen LogP contribution is -2.25. The van der Waals surface area contributed by atoms with E-state index in [-0.39, 0.29) is 6.07 Å². The molecule has 1 aromatic rings. The van der Waals surface area contributed by atoms with E-state index in [9.17, 15) is 26.0 Å². The normalized spacial score (nSPS) is 13.9. The Hall–Kier alpha value is -1.33. The van der Waals surface area contributed by atoms with Crippen LogP contribution in [0.2, 0.25) is 0 Å². The van der Waals surface area contributed by atoms with Gasteiger partial charge in [-0.1, -0.05) is 6.07 Å². The van der Waals surface area contributed by atoms with Crippen LogP contribution in [0.15, 0.2) is 23.1 Å². The largest absolute Gasteiger partial charge is 0.501 e. The van der Waals surface area contributed by atoms with Crippen molar-refractivity contribution in [3.63, 3.8) is 0 Å². The van der Waals surface area contributed by atoms with E-state index in [4.69, 9.17) is 16.9 Å². The number of hydrogen-bond donors (Lipinski definition) is 0. The SMILES string of the molecule is N#CC(CCl)c1ccc(F)cc1S(=O)(=O)C(F)(F)F. The molecule has 0 spiro atoms. The van der Waals surface area contributed by atoms with E-state index >= 15 is 0 Å². The number of benzene rings is 1. The van der Waals surface area contributed by atoms with Crippen LogP contribution >= 0.6 is 11.6 Å². The first kappa shape index (κ1) is 15.7. The maximum atomic E-state index is 13.0. The van der Waals surface area contributed by atoms with Gasteiger partial charge >= 0.3 is 5.51 Å². The van der Waals surface area contributed by atoms with E-state index in [1.54, 1.807) is 6.07 Å². The molecule has 1 rings (SSSR count). The van der Waals surface area contributed by atoms with Gasteiger partial charge in [-0.3, -0.25) is 0 Å². The molecule has 0 amide bonds. The molecule has 0 fully saturated rings. The lowest BCUT2D eigenvalue weighted by Gasteiger charge is -2.14. The molecule has 0 aliphatic rings. The third kappa shape index (κ3) is 2.98. The summed E-state index contributed by atoms with van der Waals surface area (Å²) in [5, 5.41) is 8.74. The number of nitriles is 1. The van der Waals surface area contributed by atoms with Crippen LogP contribution in [0.4, 0.5) is 17.6 Å². The summed E-state index contributed by atoms with van der Waals surface area (Å²) in [5.41, 5.74) is -6.06. The molecule has 19 heavy (non-hydrogen) atoms. The summed E-state index contributed by atoms with van der Waals surface area (Å²) in [7, 11) is -5.74. The molecular formula is C10H6ClF4NO2S. The Morgan fingerprint density at radius 2 is 1.95 bits per heavy atom. The van der Waals surface area contributed by atoms with Crippen molar-refractivity contribution in [1.29, 1.82) is 5.26 Å². The highest BCUT2D eigenvalue weighted by Crippen LogP contribution is 2.35. The van der Waals surface area contributed by atoms with Crippen molar-refractivity contribution in [2.75, 3.05) is 5.88 Å². The third-order valence-electron chi connectivity index (χ3n) is 2.26. The Kier molecular flexibility index (Phi) is 4.43. The second-order valence-corrected chi connectivity index (χ2v) is 5.69. The number of sulfone groups is 1. The second-order valence-electron chi connectivity index (χ2n) is 3.47. The minimum Gasteiger partial charge on any atom is -0.214 e. The summed E-state index contributed by atoms with van der Waals surface area (Å²) >= 11 is 5.39. The van der Waals surface area contributed by atoms with Gasteiger partial charge in [0.15, 0.2) is 0 Å². The first-order valence-corrected chi connectivity index (χ1v) is 6.73. The summed E-state index contributed by atoms with van der Waals surface area (Å²) in [4.78, 5) is -1.28. The van der Waals surface area contributed by atoms with Gasteiger partial charge < -0.3 is 0 Å². The first-order valence-electron chi connectivity index (χ1n) is 4.71. The molecule has 0 aromatic heterocycles. The molecule has 0 aliphatic carbocycles. The molecule has 1 aromatic carbocycles. The van der Waals surface area contributed by atoms with Crippen molar-refractivity contribution in [3.8, 4) is 6.07 Å². The topological polar surface area (TPSA) is 57.9 Å². The molecule has 0 bridgehead atoms. The van der Waals surface area contributed by atoms with Gasteiger partial charge in [0.1, 0.15) is 5.82 Å². The summed E-state index contributed by atoms with van der Waals surface area (Å²) < 4.78 is 73.1. The van der Waals surface area contributed by atoms with E-state index in [1.165, 1.54) is 0 Å². The average molecular weight is 316 g/mol. The predicted molar refractivity (Wildman–Crippen MR) is 58.7 cm³/mol. The fraction of sp³-hybridized carbons (Fsp3) is 0.300. The number of hydrogen-bond acceptors (Lipinski definition) is 3. The molecule has 1 atom stereocenters. The molecule has 0 saturated heterocycles. The highest BCUT2D eigenvalue weighted by atomic mass is 35.5. The Labute approximate surface area is 111 Å². The molecule has 104 valence electrons. The van der Waals surface area contributed by atoms with Crippen molar-refractivity contribution in [2.24, 2.45) is 0 Å². The Bertz CT molecular complexity index is 621. The van der Waals surface area contributed by atoms with Gasteiger partial charge in [-0.2, -0.15) is 18.4 Å². The smallest absolute Gasteiger partial charge is 0.214 e. The van der Waals surface area contributed by atoms with Gasteiger partial charge in [-0.25, -0.2) is 12.8 Å². The Morgan fingerprint density at radius 3 is 2.37 bits per heavy atom. The summed E-state index contributed by atoms with van der Waals surface area (Å²) in [6.07, 6.45) is 0. The van der Waals surface area contributed by atoms with Gasteiger partial charge in [-0.05, 0) is 17.7 Å².